The summed E-state index contributed by atoms with van der Waals surface area (Å²) in [6.45, 7) is 0. The van der Waals surface area contributed by atoms with Gasteiger partial charge in [-0.2, -0.15) is 5.26 Å². The van der Waals surface area contributed by atoms with E-state index in [0.29, 0.717) is 21.8 Å². The van der Waals surface area contributed by atoms with E-state index >= 15 is 0 Å². The second-order valence-corrected chi connectivity index (χ2v) is 4.56. The van der Waals surface area contributed by atoms with Gasteiger partial charge in [-0.15, -0.1) is 11.8 Å². The van der Waals surface area contributed by atoms with Gasteiger partial charge in [0.15, 0.2) is 5.78 Å². The monoisotopic (exact) mass is 253 g/mol. The largest absolute Gasteiger partial charge is 0.288 e. The minimum atomic E-state index is -0.0607. The van der Waals surface area contributed by atoms with Gasteiger partial charge in [-0.1, -0.05) is 24.3 Å². The SMILES string of the molecule is CSc1nc(C#N)nc2c1C(=O)c1ccccc1-2. The molecule has 0 atom stereocenters. The van der Waals surface area contributed by atoms with Crippen molar-refractivity contribution in [3.8, 4) is 17.3 Å². The highest BCUT2D eigenvalue weighted by molar-refractivity contribution is 7.98. The Morgan fingerprint density at radius 1 is 1.22 bits per heavy atom. The lowest BCUT2D eigenvalue weighted by molar-refractivity contribution is 0.104. The lowest BCUT2D eigenvalue weighted by Gasteiger charge is -2.03. The number of thioether (sulfide) groups is 1. The average Bonchev–Trinajstić information content (AvgIpc) is 2.72. The van der Waals surface area contributed by atoms with Gasteiger partial charge in [0, 0.05) is 11.1 Å². The summed E-state index contributed by atoms with van der Waals surface area (Å²) in [5.41, 5.74) is 2.51. The molecule has 5 heteroatoms. The number of carbonyl (C=O) groups excluding carboxylic acids is 1. The topological polar surface area (TPSA) is 66.6 Å². The zero-order chi connectivity index (χ0) is 12.7. The smallest absolute Gasteiger partial charge is 0.233 e. The van der Waals surface area contributed by atoms with Gasteiger partial charge in [-0.25, -0.2) is 9.97 Å². The fraction of sp³-hybridized carbons (Fsp3) is 0.0769. The third-order valence-corrected chi connectivity index (χ3v) is 3.51. The number of ketones is 1. The summed E-state index contributed by atoms with van der Waals surface area (Å²) in [5.74, 6) is 0.0389. The second-order valence-electron chi connectivity index (χ2n) is 3.77. The summed E-state index contributed by atoms with van der Waals surface area (Å²) in [5, 5.41) is 9.50. The molecule has 0 bridgehead atoms. The molecule has 0 aliphatic heterocycles. The van der Waals surface area contributed by atoms with Crippen molar-refractivity contribution in [2.24, 2.45) is 0 Å². The number of hydrogen-bond acceptors (Lipinski definition) is 5. The quantitative estimate of drug-likeness (QED) is 0.491. The van der Waals surface area contributed by atoms with Crippen molar-refractivity contribution in [3.05, 3.63) is 41.2 Å². The molecule has 0 radical (unpaired) electrons. The van der Waals surface area contributed by atoms with Crippen molar-refractivity contribution in [3.63, 3.8) is 0 Å². The first-order valence-electron chi connectivity index (χ1n) is 5.26. The Labute approximate surface area is 108 Å². The van der Waals surface area contributed by atoms with Gasteiger partial charge in [0.1, 0.15) is 11.1 Å². The lowest BCUT2D eigenvalue weighted by Crippen LogP contribution is -2.02. The molecule has 0 amide bonds. The molecule has 0 spiro atoms. The van der Waals surface area contributed by atoms with Crippen LogP contribution in [0.5, 0.6) is 0 Å². The lowest BCUT2D eigenvalue weighted by atomic mass is 10.1. The Morgan fingerprint density at radius 2 is 1.94 bits per heavy atom. The molecule has 0 fully saturated rings. The zero-order valence-corrected chi connectivity index (χ0v) is 10.3. The molecular formula is C13H7N3OS. The molecule has 0 saturated heterocycles. The molecule has 0 unspecified atom stereocenters. The van der Waals surface area contributed by atoms with Crippen LogP contribution in [0.15, 0.2) is 29.3 Å². The normalized spacial score (nSPS) is 11.9. The van der Waals surface area contributed by atoms with Crippen LogP contribution in [0.1, 0.15) is 21.7 Å². The molecular weight excluding hydrogens is 246 g/mol. The van der Waals surface area contributed by atoms with Crippen molar-refractivity contribution >= 4 is 17.5 Å². The van der Waals surface area contributed by atoms with Crippen LogP contribution in [0.3, 0.4) is 0 Å². The van der Waals surface area contributed by atoms with E-state index in [1.54, 1.807) is 6.07 Å². The highest BCUT2D eigenvalue weighted by Crippen LogP contribution is 2.38. The first-order chi connectivity index (χ1) is 8.76. The maximum atomic E-state index is 12.3. The average molecular weight is 253 g/mol. The Morgan fingerprint density at radius 3 is 2.61 bits per heavy atom. The number of nitrogens with zero attached hydrogens (tertiary/aromatic N) is 3. The van der Waals surface area contributed by atoms with Crippen molar-refractivity contribution in [2.45, 2.75) is 5.03 Å². The second kappa shape index (κ2) is 3.93. The minimum absolute atomic E-state index is 0.0607. The Hall–Kier alpha value is -2.19. The van der Waals surface area contributed by atoms with E-state index in [-0.39, 0.29) is 11.6 Å². The van der Waals surface area contributed by atoms with E-state index in [2.05, 4.69) is 9.97 Å². The molecule has 1 heterocycles. The molecule has 0 N–H and O–H groups in total. The number of benzene rings is 1. The summed E-state index contributed by atoms with van der Waals surface area (Å²) in [6.07, 6.45) is 1.83. The van der Waals surface area contributed by atoms with Gasteiger partial charge < -0.3 is 0 Å². The van der Waals surface area contributed by atoms with Crippen LogP contribution in [0.25, 0.3) is 11.3 Å². The van der Waals surface area contributed by atoms with Crippen LogP contribution in [0.2, 0.25) is 0 Å². The Bertz CT molecular complexity index is 719. The Kier molecular flexibility index (Phi) is 2.39. The van der Waals surface area contributed by atoms with E-state index < -0.39 is 0 Å². The fourth-order valence-corrected chi connectivity index (χ4v) is 2.63. The van der Waals surface area contributed by atoms with Crippen molar-refractivity contribution in [1.82, 2.24) is 9.97 Å². The molecule has 1 aromatic carbocycles. The summed E-state index contributed by atoms with van der Waals surface area (Å²) in [4.78, 5) is 20.5. The number of nitriles is 1. The van der Waals surface area contributed by atoms with Crippen molar-refractivity contribution in [1.29, 1.82) is 5.26 Å². The van der Waals surface area contributed by atoms with E-state index in [1.807, 2.05) is 30.5 Å². The van der Waals surface area contributed by atoms with Gasteiger partial charge in [0.25, 0.3) is 0 Å². The molecule has 86 valence electrons. The molecule has 4 nitrogen and oxygen atoms in total. The first kappa shape index (κ1) is 10.9. The summed E-state index contributed by atoms with van der Waals surface area (Å²) < 4.78 is 0. The summed E-state index contributed by atoms with van der Waals surface area (Å²) in [7, 11) is 0. The van der Waals surface area contributed by atoms with E-state index in [4.69, 9.17) is 5.26 Å². The molecule has 1 aromatic heterocycles. The molecule has 1 aliphatic carbocycles. The number of aromatic nitrogens is 2. The number of hydrogen-bond donors (Lipinski definition) is 0. The summed E-state index contributed by atoms with van der Waals surface area (Å²) in [6, 6.07) is 9.22. The number of carbonyl (C=O) groups is 1. The van der Waals surface area contributed by atoms with Crippen LogP contribution in [-0.4, -0.2) is 22.0 Å². The summed E-state index contributed by atoms with van der Waals surface area (Å²) >= 11 is 1.36. The van der Waals surface area contributed by atoms with Gasteiger partial charge in [-0.05, 0) is 6.26 Å². The van der Waals surface area contributed by atoms with Crippen molar-refractivity contribution in [2.75, 3.05) is 6.26 Å². The van der Waals surface area contributed by atoms with Gasteiger partial charge in [0.2, 0.25) is 5.82 Å². The molecule has 0 saturated carbocycles. The maximum absolute atomic E-state index is 12.3. The third-order valence-electron chi connectivity index (χ3n) is 2.82. The van der Waals surface area contributed by atoms with E-state index in [0.717, 1.165) is 5.56 Å². The highest BCUT2D eigenvalue weighted by atomic mass is 32.2. The highest BCUT2D eigenvalue weighted by Gasteiger charge is 2.31. The first-order valence-corrected chi connectivity index (χ1v) is 6.49. The van der Waals surface area contributed by atoms with Gasteiger partial charge in [-0.3, -0.25) is 4.79 Å². The van der Waals surface area contributed by atoms with Crippen molar-refractivity contribution < 1.29 is 4.79 Å². The predicted octanol–water partition coefficient (Wildman–Crippen LogP) is 2.28. The molecule has 18 heavy (non-hydrogen) atoms. The third kappa shape index (κ3) is 1.36. The van der Waals surface area contributed by atoms with Crippen LogP contribution in [-0.2, 0) is 0 Å². The van der Waals surface area contributed by atoms with Crippen LogP contribution in [0, 0.1) is 11.3 Å². The molecule has 2 aromatic rings. The van der Waals surface area contributed by atoms with Gasteiger partial charge >= 0.3 is 0 Å². The standard InChI is InChI=1S/C13H7N3OS/c1-18-13-10-11(15-9(6-14)16-13)7-4-2-3-5-8(7)12(10)17/h2-5H,1H3. The van der Waals surface area contributed by atoms with Crippen LogP contribution in [0.4, 0.5) is 0 Å². The molecule has 3 rings (SSSR count). The Balaban J connectivity index is 2.39. The fourth-order valence-electron chi connectivity index (χ4n) is 2.06. The zero-order valence-electron chi connectivity index (χ0n) is 9.47. The number of fused-ring (bicyclic) bond motifs is 3. The maximum Gasteiger partial charge on any atom is 0.233 e. The minimum Gasteiger partial charge on any atom is -0.288 e. The number of rotatable bonds is 1. The van der Waals surface area contributed by atoms with Crippen LogP contribution >= 0.6 is 11.8 Å². The van der Waals surface area contributed by atoms with E-state index in [9.17, 15) is 4.79 Å². The predicted molar refractivity (Wildman–Crippen MR) is 67.4 cm³/mol. The molecule has 1 aliphatic rings. The van der Waals surface area contributed by atoms with Crippen LogP contribution < -0.4 is 0 Å². The van der Waals surface area contributed by atoms with E-state index in [1.165, 1.54) is 11.8 Å². The van der Waals surface area contributed by atoms with Gasteiger partial charge in [0.05, 0.1) is 11.3 Å².